The molecule has 1 aromatic carbocycles. The molecule has 1 atom stereocenters. The van der Waals surface area contributed by atoms with Gasteiger partial charge in [0.15, 0.2) is 5.82 Å². The van der Waals surface area contributed by atoms with Crippen LogP contribution in [-0.4, -0.2) is 16.5 Å². The van der Waals surface area contributed by atoms with Crippen LogP contribution >= 0.6 is 11.6 Å². The minimum absolute atomic E-state index is 0.192. The van der Waals surface area contributed by atoms with E-state index in [0.717, 1.165) is 17.8 Å². The second-order valence-corrected chi connectivity index (χ2v) is 5.05. The molecule has 1 unspecified atom stereocenters. The van der Waals surface area contributed by atoms with Crippen LogP contribution in [0.15, 0.2) is 24.4 Å². The maximum Gasteiger partial charge on any atom is 0.160 e. The molecule has 0 saturated heterocycles. The summed E-state index contributed by atoms with van der Waals surface area (Å²) in [5.74, 6) is 0.146. The van der Waals surface area contributed by atoms with Crippen molar-refractivity contribution in [2.24, 2.45) is 0 Å². The van der Waals surface area contributed by atoms with Crippen LogP contribution in [0.3, 0.4) is 0 Å². The van der Waals surface area contributed by atoms with E-state index >= 15 is 0 Å². The highest BCUT2D eigenvalue weighted by molar-refractivity contribution is 6.33. The van der Waals surface area contributed by atoms with E-state index in [1.165, 1.54) is 12.1 Å². The van der Waals surface area contributed by atoms with Crippen molar-refractivity contribution in [2.45, 2.75) is 26.8 Å². The lowest BCUT2D eigenvalue weighted by Gasteiger charge is -2.15. The zero-order chi connectivity index (χ0) is 14.7. The number of benzene rings is 1. The number of nitrogens with zero attached hydrogens (tertiary/aromatic N) is 2. The minimum atomic E-state index is -0.368. The standard InChI is InChI=1S/C15H17ClFN3/c1-4-18-9(2)13-8-19-15(20-10(13)3)12-6-5-11(17)7-14(12)16/h5-9,18H,4H2,1-3H3. The second kappa shape index (κ2) is 6.29. The van der Waals surface area contributed by atoms with Gasteiger partial charge in [0.1, 0.15) is 5.82 Å². The van der Waals surface area contributed by atoms with E-state index in [1.54, 1.807) is 12.3 Å². The predicted molar refractivity (Wildman–Crippen MR) is 79.3 cm³/mol. The third-order valence-electron chi connectivity index (χ3n) is 3.17. The van der Waals surface area contributed by atoms with E-state index in [9.17, 15) is 4.39 Å². The molecule has 20 heavy (non-hydrogen) atoms. The van der Waals surface area contributed by atoms with E-state index in [4.69, 9.17) is 11.6 Å². The molecule has 0 aliphatic heterocycles. The SMILES string of the molecule is CCNC(C)c1cnc(-c2ccc(F)cc2Cl)nc1C. The predicted octanol–water partition coefficient (Wildman–Crippen LogP) is 3.92. The number of aromatic nitrogens is 2. The molecule has 2 aromatic rings. The highest BCUT2D eigenvalue weighted by atomic mass is 35.5. The molecule has 1 N–H and O–H groups in total. The number of rotatable bonds is 4. The summed E-state index contributed by atoms with van der Waals surface area (Å²) < 4.78 is 13.1. The molecule has 106 valence electrons. The van der Waals surface area contributed by atoms with Gasteiger partial charge in [0.25, 0.3) is 0 Å². The van der Waals surface area contributed by atoms with E-state index < -0.39 is 0 Å². The van der Waals surface area contributed by atoms with Gasteiger partial charge < -0.3 is 5.32 Å². The van der Waals surface area contributed by atoms with Crippen molar-refractivity contribution in [1.29, 1.82) is 0 Å². The summed E-state index contributed by atoms with van der Waals surface area (Å²) in [5, 5.41) is 3.64. The van der Waals surface area contributed by atoms with Crippen molar-refractivity contribution < 1.29 is 4.39 Å². The van der Waals surface area contributed by atoms with E-state index in [-0.39, 0.29) is 11.9 Å². The number of hydrogen-bond donors (Lipinski definition) is 1. The lowest BCUT2D eigenvalue weighted by Crippen LogP contribution is -2.19. The van der Waals surface area contributed by atoms with Crippen molar-refractivity contribution >= 4 is 11.6 Å². The van der Waals surface area contributed by atoms with Crippen LogP contribution in [-0.2, 0) is 0 Å². The highest BCUT2D eigenvalue weighted by Gasteiger charge is 2.13. The first-order valence-corrected chi connectivity index (χ1v) is 6.93. The van der Waals surface area contributed by atoms with Crippen LogP contribution in [0.1, 0.15) is 31.1 Å². The van der Waals surface area contributed by atoms with E-state index in [2.05, 4.69) is 29.1 Å². The molecule has 0 saturated carbocycles. The Morgan fingerprint density at radius 1 is 1.40 bits per heavy atom. The Kier molecular flexibility index (Phi) is 4.68. The Morgan fingerprint density at radius 3 is 2.75 bits per heavy atom. The smallest absolute Gasteiger partial charge is 0.160 e. The normalized spacial score (nSPS) is 12.4. The van der Waals surface area contributed by atoms with Gasteiger partial charge in [-0.25, -0.2) is 14.4 Å². The summed E-state index contributed by atoms with van der Waals surface area (Å²) in [4.78, 5) is 8.82. The molecule has 0 aliphatic carbocycles. The Balaban J connectivity index is 2.38. The van der Waals surface area contributed by atoms with Crippen LogP contribution in [0.2, 0.25) is 5.02 Å². The molecule has 0 amide bonds. The number of nitrogens with one attached hydrogen (secondary N) is 1. The van der Waals surface area contributed by atoms with Crippen molar-refractivity contribution in [2.75, 3.05) is 6.54 Å². The molecule has 5 heteroatoms. The van der Waals surface area contributed by atoms with Crippen LogP contribution in [0.5, 0.6) is 0 Å². The lowest BCUT2D eigenvalue weighted by atomic mass is 10.1. The third kappa shape index (κ3) is 3.14. The first-order chi connectivity index (χ1) is 9.52. The molecule has 1 aromatic heterocycles. The van der Waals surface area contributed by atoms with Crippen LogP contribution in [0, 0.1) is 12.7 Å². The highest BCUT2D eigenvalue weighted by Crippen LogP contribution is 2.27. The molecule has 3 nitrogen and oxygen atoms in total. The summed E-state index contributed by atoms with van der Waals surface area (Å²) in [7, 11) is 0. The van der Waals surface area contributed by atoms with Crippen molar-refractivity contribution in [3.63, 3.8) is 0 Å². The van der Waals surface area contributed by atoms with Gasteiger partial charge in [0.2, 0.25) is 0 Å². The molecule has 0 aliphatic rings. The molecular formula is C15H17ClFN3. The topological polar surface area (TPSA) is 37.8 Å². The summed E-state index contributed by atoms with van der Waals surface area (Å²) in [6, 6.07) is 4.41. The molecular weight excluding hydrogens is 277 g/mol. The minimum Gasteiger partial charge on any atom is -0.310 e. The molecule has 1 heterocycles. The largest absolute Gasteiger partial charge is 0.310 e. The number of halogens is 2. The second-order valence-electron chi connectivity index (χ2n) is 4.64. The third-order valence-corrected chi connectivity index (χ3v) is 3.48. The average Bonchev–Trinajstić information content (AvgIpc) is 2.38. The lowest BCUT2D eigenvalue weighted by molar-refractivity contribution is 0.590. The fraction of sp³-hybridized carbons (Fsp3) is 0.333. The van der Waals surface area contributed by atoms with Crippen molar-refractivity contribution in [1.82, 2.24) is 15.3 Å². The number of hydrogen-bond acceptors (Lipinski definition) is 3. The van der Waals surface area contributed by atoms with Gasteiger partial charge in [0.05, 0.1) is 5.02 Å². The van der Waals surface area contributed by atoms with Gasteiger partial charge in [0, 0.05) is 29.1 Å². The number of aryl methyl sites for hydroxylation is 1. The van der Waals surface area contributed by atoms with Gasteiger partial charge in [-0.3, -0.25) is 0 Å². The maximum atomic E-state index is 13.1. The van der Waals surface area contributed by atoms with Gasteiger partial charge in [-0.15, -0.1) is 0 Å². The fourth-order valence-corrected chi connectivity index (χ4v) is 2.37. The van der Waals surface area contributed by atoms with E-state index in [1.807, 2.05) is 6.92 Å². The summed E-state index contributed by atoms with van der Waals surface area (Å²) in [6.45, 7) is 6.94. The quantitative estimate of drug-likeness (QED) is 0.928. The van der Waals surface area contributed by atoms with Crippen LogP contribution in [0.4, 0.5) is 4.39 Å². The first kappa shape index (κ1) is 14.9. The first-order valence-electron chi connectivity index (χ1n) is 6.55. The van der Waals surface area contributed by atoms with Gasteiger partial charge in [-0.05, 0) is 38.6 Å². The Labute approximate surface area is 123 Å². The van der Waals surface area contributed by atoms with Gasteiger partial charge in [-0.2, -0.15) is 0 Å². The van der Waals surface area contributed by atoms with Gasteiger partial charge >= 0.3 is 0 Å². The summed E-state index contributed by atoms with van der Waals surface area (Å²) in [5.41, 5.74) is 2.58. The molecule has 0 bridgehead atoms. The Hall–Kier alpha value is -1.52. The van der Waals surface area contributed by atoms with Crippen molar-refractivity contribution in [3.8, 4) is 11.4 Å². The molecule has 0 radical (unpaired) electrons. The summed E-state index contributed by atoms with van der Waals surface area (Å²) >= 11 is 6.04. The fourth-order valence-electron chi connectivity index (χ4n) is 2.12. The Bertz CT molecular complexity index is 616. The molecule has 0 fully saturated rings. The van der Waals surface area contributed by atoms with E-state index in [0.29, 0.717) is 16.4 Å². The van der Waals surface area contributed by atoms with Crippen molar-refractivity contribution in [3.05, 3.63) is 46.5 Å². The van der Waals surface area contributed by atoms with Gasteiger partial charge in [-0.1, -0.05) is 18.5 Å². The summed E-state index contributed by atoms with van der Waals surface area (Å²) in [6.07, 6.45) is 1.80. The Morgan fingerprint density at radius 2 is 2.15 bits per heavy atom. The monoisotopic (exact) mass is 293 g/mol. The zero-order valence-corrected chi connectivity index (χ0v) is 12.5. The zero-order valence-electron chi connectivity index (χ0n) is 11.7. The van der Waals surface area contributed by atoms with Crippen LogP contribution < -0.4 is 5.32 Å². The average molecular weight is 294 g/mol. The van der Waals surface area contributed by atoms with Crippen LogP contribution in [0.25, 0.3) is 11.4 Å². The maximum absolute atomic E-state index is 13.1. The molecule has 0 spiro atoms. The molecule has 2 rings (SSSR count).